The van der Waals surface area contributed by atoms with E-state index < -0.39 is 0 Å². The fourth-order valence-corrected chi connectivity index (χ4v) is 18.2. The normalized spacial score (nSPS) is 15.0. The van der Waals surface area contributed by atoms with Gasteiger partial charge in [-0.25, -0.2) is 4.39 Å². The number of hydrogen-bond donors (Lipinski definition) is 13. The lowest BCUT2D eigenvalue weighted by Gasteiger charge is -2.22. The Morgan fingerprint density at radius 1 is 0.324 bits per heavy atom. The highest BCUT2D eigenvalue weighted by atomic mass is 79.9. The molecule has 0 aliphatic carbocycles. The molecule has 6 aliphatic rings. The molecule has 6 heterocycles. The summed E-state index contributed by atoms with van der Waals surface area (Å²) < 4.78 is 19.5. The molecule has 12 aromatic rings. The molecule has 6 unspecified atom stereocenters. The fraction of sp³-hybridized carbons (Fsp3) is 0.250. The minimum absolute atomic E-state index is 0.0238. The smallest absolute Gasteiger partial charge is 0.191 e. The van der Waals surface area contributed by atoms with Gasteiger partial charge in [-0.3, -0.25) is 30.0 Å². The van der Waals surface area contributed by atoms with Crippen molar-refractivity contribution in [3.05, 3.63) is 406 Å². The number of phenols is 1. The van der Waals surface area contributed by atoms with Gasteiger partial charge in [0, 0.05) is 53.8 Å². The van der Waals surface area contributed by atoms with E-state index in [0.717, 1.165) is 199 Å². The third-order valence-corrected chi connectivity index (χ3v) is 26.9. The Kier molecular flexibility index (Phi) is 40.1. The molecule has 6 aliphatic heterocycles. The SMILES string of the molecule is COc1cccc(CC(NC2=NCCN2)c2cccc(Cl)c2Cl)c1.Cc1cccc(CC(NC2=NCCN2)c2cccc(Cl)c2)c1.Clc1cccc(C(Cc2ccccc2)NC2=NCCN2)c1.Clc1cccc(C(Cc2ccccc2Br)NC2=NCCN2)c1Cl.Fc1ccc(CC(NC2=NCCN2)c2cccc(Cl)c2Cl)cc1.Oc1cccc(CC(NC2=NCCN2)c2cccc(Cl)c2Cl)c1. The van der Waals surface area contributed by atoms with E-state index >= 15 is 0 Å². The Balaban J connectivity index is 0.000000138. The van der Waals surface area contributed by atoms with Gasteiger partial charge >= 0.3 is 0 Å². The van der Waals surface area contributed by atoms with Gasteiger partial charge in [0.15, 0.2) is 35.8 Å². The highest BCUT2D eigenvalue weighted by Gasteiger charge is 2.27. The zero-order valence-corrected chi connectivity index (χ0v) is 83.9. The molecule has 6 atom stereocenters. The Morgan fingerprint density at radius 2 is 0.640 bits per heavy atom. The van der Waals surface area contributed by atoms with Crippen LogP contribution in [0.5, 0.6) is 11.5 Å². The lowest BCUT2D eigenvalue weighted by molar-refractivity contribution is 0.414. The molecule has 13 N–H and O–H groups in total. The minimum Gasteiger partial charge on any atom is -0.508 e. The highest BCUT2D eigenvalue weighted by Crippen LogP contribution is 2.38. The van der Waals surface area contributed by atoms with Gasteiger partial charge < -0.3 is 73.6 Å². The van der Waals surface area contributed by atoms with Crippen LogP contribution in [-0.2, 0) is 38.5 Å². The molecule has 18 rings (SSSR count). The van der Waals surface area contributed by atoms with Gasteiger partial charge in [0.25, 0.3) is 0 Å². The van der Waals surface area contributed by atoms with Gasteiger partial charge in [0.2, 0.25) is 0 Å². The molecule has 0 amide bonds. The van der Waals surface area contributed by atoms with Crippen LogP contribution < -0.4 is 68.5 Å². The van der Waals surface area contributed by atoms with Crippen LogP contribution in [0.25, 0.3) is 0 Å². The van der Waals surface area contributed by atoms with E-state index in [1.54, 1.807) is 55.6 Å². The molecular weight excluding hydrogens is 1990 g/mol. The van der Waals surface area contributed by atoms with Gasteiger partial charge in [0.1, 0.15) is 17.3 Å². The van der Waals surface area contributed by atoms with E-state index in [2.05, 4.69) is 189 Å². The van der Waals surface area contributed by atoms with Crippen LogP contribution in [0.2, 0.25) is 50.2 Å². The minimum atomic E-state index is -0.249. The van der Waals surface area contributed by atoms with Crippen LogP contribution in [0, 0.1) is 12.7 Å². The molecule has 0 bridgehead atoms. The van der Waals surface area contributed by atoms with Crippen LogP contribution in [0.15, 0.2) is 307 Å². The molecule has 0 spiro atoms. The average Bonchev–Trinajstić information content (AvgIpc) is 1.15. The van der Waals surface area contributed by atoms with Crippen molar-refractivity contribution in [3.63, 3.8) is 0 Å². The number of methoxy groups -OCH3 is 1. The number of hydrogen-bond acceptors (Lipinski definition) is 20. The number of aryl methyl sites for hydroxylation is 1. The lowest BCUT2D eigenvalue weighted by atomic mass is 9.98. The molecular formula is C104H106BrCl10FN18O2. The maximum absolute atomic E-state index is 13.1. The number of rotatable bonds is 25. The number of halogens is 12. The van der Waals surface area contributed by atoms with Crippen molar-refractivity contribution in [1.82, 2.24) is 63.8 Å². The average molecular weight is 2090 g/mol. The fourth-order valence-electron chi connectivity index (χ4n) is 15.6. The molecule has 12 aromatic carbocycles. The van der Waals surface area contributed by atoms with Gasteiger partial charge in [-0.05, 0) is 203 Å². The molecule has 136 heavy (non-hydrogen) atoms. The van der Waals surface area contributed by atoms with Gasteiger partial charge in [-0.2, -0.15) is 0 Å². The first kappa shape index (κ1) is 103. The Bertz CT molecular complexity index is 6140. The van der Waals surface area contributed by atoms with Gasteiger partial charge in [0.05, 0.1) is 123 Å². The van der Waals surface area contributed by atoms with Crippen LogP contribution in [0.1, 0.15) is 109 Å². The summed E-state index contributed by atoms with van der Waals surface area (Å²) in [5, 5.41) is 55.6. The molecule has 0 fully saturated rings. The first-order valence-corrected chi connectivity index (χ1v) is 49.2. The first-order chi connectivity index (χ1) is 66.1. The zero-order valence-electron chi connectivity index (χ0n) is 74.7. The molecule has 0 saturated carbocycles. The predicted molar refractivity (Wildman–Crippen MR) is 567 cm³/mol. The molecule has 0 saturated heterocycles. The summed E-state index contributed by atoms with van der Waals surface area (Å²) in [6.07, 6.45) is 4.57. The standard InChI is InChI=1S/C18H19Cl2N3O.C18H20ClN3.C17H16BrCl2N3.C17H16Cl2FN3.C17H17Cl2N3O.C17H18ClN3/c1-24-13-5-2-4-12(10-13)11-16(23-18-21-8-9-22-18)14-6-3-7-15(19)17(14)20;1-13-4-2-5-14(10-13)11-17(22-18-20-8-9-21-18)15-6-3-7-16(19)12-15;18-13-6-2-1-4-11(13)10-15(23-17-21-8-9-22-17)12-5-3-7-14(19)16(12)20;18-14-3-1-2-13(16(14)19)15(23-17-21-8-9-22-17)10-11-4-6-12(20)7-5-11;18-14-6-2-5-13(16(14)19)15(22-17-20-7-8-21-17)10-11-3-1-4-12(23)9-11;18-15-8-4-7-14(12-15)16(21-17-19-9-10-20-17)11-13-5-2-1-3-6-13/h2-7,10,16H,8-9,11H2,1H3,(H2,21,22,23);2-7,10,12,17H,8-9,11H2,1H3,(H2,20,21,22);2*1-7,15H,8-10H2,(H2,21,22,23);1-6,9,15,23H,7-8,10H2,(H2,20,21,22);1-8,12,16H,9-11H2,(H2,19,20,21). The number of aliphatic imine (C=N–C) groups is 6. The molecule has 0 radical (unpaired) electrons. The number of guanidine groups is 6. The molecule has 20 nitrogen and oxygen atoms in total. The zero-order chi connectivity index (χ0) is 95.5. The number of ether oxygens (including phenoxy) is 1. The quantitative estimate of drug-likeness (QED) is 0.0254. The summed E-state index contributed by atoms with van der Waals surface area (Å²) >= 11 is 66.2. The van der Waals surface area contributed by atoms with Gasteiger partial charge in [-0.1, -0.05) is 319 Å². The van der Waals surface area contributed by atoms with Crippen LogP contribution in [0.4, 0.5) is 4.39 Å². The number of nitrogens with one attached hydrogen (secondary N) is 12. The Morgan fingerprint density at radius 3 is 1.01 bits per heavy atom. The maximum Gasteiger partial charge on any atom is 0.191 e. The summed E-state index contributed by atoms with van der Waals surface area (Å²) in [6, 6.07) is 87.5. The van der Waals surface area contributed by atoms with E-state index in [-0.39, 0.29) is 47.8 Å². The summed E-state index contributed by atoms with van der Waals surface area (Å²) in [6.45, 7) is 12.0. The van der Waals surface area contributed by atoms with Crippen molar-refractivity contribution in [3.8, 4) is 11.5 Å². The van der Waals surface area contributed by atoms with E-state index in [4.69, 9.17) is 121 Å². The monoisotopic (exact) mass is 2090 g/mol. The van der Waals surface area contributed by atoms with Crippen molar-refractivity contribution in [2.24, 2.45) is 30.0 Å². The van der Waals surface area contributed by atoms with E-state index in [0.29, 0.717) is 53.0 Å². The molecule has 0 aromatic heterocycles. The van der Waals surface area contributed by atoms with E-state index in [9.17, 15) is 9.50 Å². The Labute approximate surface area is 853 Å². The van der Waals surface area contributed by atoms with E-state index in [1.807, 2.05) is 140 Å². The van der Waals surface area contributed by atoms with Crippen molar-refractivity contribution in [2.75, 3.05) is 85.6 Å². The predicted octanol–water partition coefficient (Wildman–Crippen LogP) is 22.6. The van der Waals surface area contributed by atoms with Crippen LogP contribution in [-0.4, -0.2) is 127 Å². The number of phenolic OH excluding ortho intramolecular Hbond substituents is 1. The Hall–Kier alpha value is -10.8. The molecule has 32 heteroatoms. The second kappa shape index (κ2) is 53.2. The summed E-state index contributed by atoms with van der Waals surface area (Å²) in [7, 11) is 1.67. The molecule has 708 valence electrons. The van der Waals surface area contributed by atoms with Crippen molar-refractivity contribution in [2.45, 2.75) is 81.7 Å². The topological polar surface area (TPSA) is 248 Å². The number of aromatic hydroxyl groups is 1. The summed E-state index contributed by atoms with van der Waals surface area (Å²) in [5.41, 5.74) is 14.2. The summed E-state index contributed by atoms with van der Waals surface area (Å²) in [4.78, 5) is 26.5. The largest absolute Gasteiger partial charge is 0.508 e. The van der Waals surface area contributed by atoms with Gasteiger partial charge in [-0.15, -0.1) is 0 Å². The number of benzene rings is 12. The summed E-state index contributed by atoms with van der Waals surface area (Å²) in [5.74, 6) is 5.67. The highest BCUT2D eigenvalue weighted by molar-refractivity contribution is 9.10. The van der Waals surface area contributed by atoms with Crippen molar-refractivity contribution < 1.29 is 14.2 Å². The van der Waals surface area contributed by atoms with Crippen LogP contribution >= 0.6 is 132 Å². The third-order valence-electron chi connectivity index (χ3n) is 22.3. The number of nitrogens with zero attached hydrogens (tertiary/aromatic N) is 6. The van der Waals surface area contributed by atoms with E-state index in [1.165, 1.54) is 45.5 Å². The second-order valence-corrected chi connectivity index (χ2v) is 37.1. The van der Waals surface area contributed by atoms with Crippen molar-refractivity contribution in [1.29, 1.82) is 0 Å². The van der Waals surface area contributed by atoms with Crippen molar-refractivity contribution >= 4 is 168 Å². The maximum atomic E-state index is 13.1. The first-order valence-electron chi connectivity index (χ1n) is 44.6. The van der Waals surface area contributed by atoms with Crippen LogP contribution in [0.3, 0.4) is 0 Å². The second-order valence-electron chi connectivity index (χ2n) is 32.2. The lowest BCUT2D eigenvalue weighted by Crippen LogP contribution is -2.37. The third kappa shape index (κ3) is 31.9.